The van der Waals surface area contributed by atoms with E-state index in [1.54, 1.807) is 11.3 Å². The van der Waals surface area contributed by atoms with E-state index in [2.05, 4.69) is 47.4 Å². The van der Waals surface area contributed by atoms with Gasteiger partial charge < -0.3 is 10.6 Å². The number of thiophene rings is 1. The molecular formula is C16H26N4S. The molecule has 0 atom stereocenters. The van der Waals surface area contributed by atoms with Crippen LogP contribution in [0.3, 0.4) is 0 Å². The summed E-state index contributed by atoms with van der Waals surface area (Å²) in [5.41, 5.74) is 0. The van der Waals surface area contributed by atoms with Crippen LogP contribution >= 0.6 is 11.3 Å². The Labute approximate surface area is 131 Å². The fraction of sp³-hybridized carbons (Fsp3) is 0.625. The van der Waals surface area contributed by atoms with Crippen LogP contribution in [0.25, 0.3) is 10.2 Å². The second-order valence-corrected chi connectivity index (χ2v) is 6.31. The Morgan fingerprint density at radius 3 is 2.62 bits per heavy atom. The van der Waals surface area contributed by atoms with E-state index >= 15 is 0 Å². The van der Waals surface area contributed by atoms with E-state index in [4.69, 9.17) is 0 Å². The first-order valence-electron chi connectivity index (χ1n) is 8.06. The molecule has 0 saturated heterocycles. The van der Waals surface area contributed by atoms with Crippen LogP contribution in [0.5, 0.6) is 0 Å². The molecule has 2 aromatic rings. The molecule has 0 aliphatic rings. The summed E-state index contributed by atoms with van der Waals surface area (Å²) in [7, 11) is 0. The second-order valence-electron chi connectivity index (χ2n) is 5.20. The third-order valence-electron chi connectivity index (χ3n) is 3.45. The molecule has 0 aromatic carbocycles. The summed E-state index contributed by atoms with van der Waals surface area (Å²) in [4.78, 5) is 11.7. The minimum absolute atomic E-state index is 0.727. The number of nitrogens with one attached hydrogen (secondary N) is 2. The molecule has 2 aromatic heterocycles. The molecule has 0 fully saturated rings. The molecule has 2 N–H and O–H groups in total. The van der Waals surface area contributed by atoms with Crippen LogP contribution in [-0.2, 0) is 6.42 Å². The average Bonchev–Trinajstić information content (AvgIpc) is 2.90. The summed E-state index contributed by atoms with van der Waals surface area (Å²) < 4.78 is 0. The zero-order valence-electron chi connectivity index (χ0n) is 13.3. The maximum absolute atomic E-state index is 4.63. The summed E-state index contributed by atoms with van der Waals surface area (Å²) in [6, 6.07) is 2.23. The van der Waals surface area contributed by atoms with Gasteiger partial charge in [-0.2, -0.15) is 4.98 Å². The van der Waals surface area contributed by atoms with E-state index in [-0.39, 0.29) is 0 Å². The summed E-state index contributed by atoms with van der Waals surface area (Å²) >= 11 is 1.77. The largest absolute Gasteiger partial charge is 0.369 e. The van der Waals surface area contributed by atoms with E-state index in [0.717, 1.165) is 41.5 Å². The minimum Gasteiger partial charge on any atom is -0.369 e. The maximum Gasteiger partial charge on any atom is 0.226 e. The Balaban J connectivity index is 2.15. The van der Waals surface area contributed by atoms with Crippen LogP contribution in [-0.4, -0.2) is 23.1 Å². The smallest absolute Gasteiger partial charge is 0.226 e. The summed E-state index contributed by atoms with van der Waals surface area (Å²) in [6.45, 7) is 8.31. The van der Waals surface area contributed by atoms with Gasteiger partial charge in [0.1, 0.15) is 10.6 Å². The van der Waals surface area contributed by atoms with Crippen molar-refractivity contribution in [2.24, 2.45) is 0 Å². The lowest BCUT2D eigenvalue weighted by Crippen LogP contribution is -2.07. The van der Waals surface area contributed by atoms with Crippen molar-refractivity contribution in [3.63, 3.8) is 0 Å². The lowest BCUT2D eigenvalue weighted by molar-refractivity contribution is 0.684. The predicted molar refractivity (Wildman–Crippen MR) is 93.6 cm³/mol. The maximum atomic E-state index is 4.63. The number of aryl methyl sites for hydroxylation is 1. The molecule has 2 heterocycles. The van der Waals surface area contributed by atoms with Crippen molar-refractivity contribution in [3.8, 4) is 0 Å². The van der Waals surface area contributed by atoms with Gasteiger partial charge in [-0.3, -0.25) is 0 Å². The van der Waals surface area contributed by atoms with Gasteiger partial charge in [0.05, 0.1) is 5.39 Å². The van der Waals surface area contributed by atoms with E-state index in [1.165, 1.54) is 30.6 Å². The number of fused-ring (bicyclic) bond motifs is 1. The highest BCUT2D eigenvalue weighted by atomic mass is 32.1. The van der Waals surface area contributed by atoms with Crippen LogP contribution in [0.15, 0.2) is 6.07 Å². The molecular weight excluding hydrogens is 280 g/mol. The predicted octanol–water partition coefficient (Wildman–Crippen LogP) is 4.68. The number of nitrogens with zero attached hydrogens (tertiary/aromatic N) is 2. The van der Waals surface area contributed by atoms with Crippen molar-refractivity contribution >= 4 is 33.3 Å². The lowest BCUT2D eigenvalue weighted by atomic mass is 10.2. The SMILES string of the molecule is CCCCCCNc1nc(NCC)nc2sc(CC)cc12. The van der Waals surface area contributed by atoms with Crippen LogP contribution < -0.4 is 10.6 Å². The fourth-order valence-corrected chi connectivity index (χ4v) is 3.24. The van der Waals surface area contributed by atoms with Gasteiger partial charge in [-0.1, -0.05) is 33.1 Å². The van der Waals surface area contributed by atoms with E-state index < -0.39 is 0 Å². The Morgan fingerprint density at radius 1 is 1.05 bits per heavy atom. The summed E-state index contributed by atoms with van der Waals surface area (Å²) in [5, 5.41) is 7.88. The fourth-order valence-electron chi connectivity index (χ4n) is 2.28. The van der Waals surface area contributed by atoms with Gasteiger partial charge in [0.2, 0.25) is 5.95 Å². The minimum atomic E-state index is 0.727. The number of hydrogen-bond acceptors (Lipinski definition) is 5. The zero-order chi connectivity index (χ0) is 15.1. The van der Waals surface area contributed by atoms with Gasteiger partial charge in [-0.05, 0) is 25.8 Å². The molecule has 0 amide bonds. The van der Waals surface area contributed by atoms with Crippen LogP contribution in [0.4, 0.5) is 11.8 Å². The van der Waals surface area contributed by atoms with Gasteiger partial charge in [0.15, 0.2) is 0 Å². The molecule has 21 heavy (non-hydrogen) atoms. The first-order chi connectivity index (χ1) is 10.3. The number of unbranched alkanes of at least 4 members (excludes halogenated alkanes) is 3. The molecule has 5 heteroatoms. The van der Waals surface area contributed by atoms with Crippen molar-refractivity contribution in [3.05, 3.63) is 10.9 Å². The second kappa shape index (κ2) is 8.17. The Bertz CT molecular complexity index is 565. The van der Waals surface area contributed by atoms with E-state index in [9.17, 15) is 0 Å². The average molecular weight is 306 g/mol. The quantitative estimate of drug-likeness (QED) is 0.661. The monoisotopic (exact) mass is 306 g/mol. The highest BCUT2D eigenvalue weighted by Gasteiger charge is 2.10. The van der Waals surface area contributed by atoms with Gasteiger partial charge in [0, 0.05) is 18.0 Å². The highest BCUT2D eigenvalue weighted by Crippen LogP contribution is 2.30. The van der Waals surface area contributed by atoms with Gasteiger partial charge in [-0.15, -0.1) is 11.3 Å². The zero-order valence-corrected chi connectivity index (χ0v) is 14.1. The van der Waals surface area contributed by atoms with Crippen LogP contribution in [0.2, 0.25) is 0 Å². The molecule has 2 rings (SSSR count). The van der Waals surface area contributed by atoms with E-state index in [1.807, 2.05) is 0 Å². The van der Waals surface area contributed by atoms with E-state index in [0.29, 0.717) is 0 Å². The Morgan fingerprint density at radius 2 is 1.90 bits per heavy atom. The van der Waals surface area contributed by atoms with Gasteiger partial charge >= 0.3 is 0 Å². The normalized spacial score (nSPS) is 11.0. The lowest BCUT2D eigenvalue weighted by Gasteiger charge is -2.09. The summed E-state index contributed by atoms with van der Waals surface area (Å²) in [5.74, 6) is 1.70. The number of rotatable bonds is 9. The van der Waals surface area contributed by atoms with Crippen molar-refractivity contribution in [2.75, 3.05) is 23.7 Å². The summed E-state index contributed by atoms with van der Waals surface area (Å²) in [6.07, 6.45) is 6.10. The Hall–Kier alpha value is -1.36. The van der Waals surface area contributed by atoms with Crippen molar-refractivity contribution in [1.29, 1.82) is 0 Å². The molecule has 4 nitrogen and oxygen atoms in total. The number of aromatic nitrogens is 2. The molecule has 0 spiro atoms. The molecule has 0 aliphatic heterocycles. The van der Waals surface area contributed by atoms with Gasteiger partial charge in [-0.25, -0.2) is 4.98 Å². The molecule has 0 saturated carbocycles. The van der Waals surface area contributed by atoms with Crippen LogP contribution in [0.1, 0.15) is 51.3 Å². The van der Waals surface area contributed by atoms with Crippen molar-refractivity contribution in [1.82, 2.24) is 9.97 Å². The standard InChI is InChI=1S/C16H26N4S/c1-4-7-8-9-10-18-14-13-11-12(5-2)21-15(13)20-16(19-14)17-6-3/h11H,4-10H2,1-3H3,(H2,17,18,19,20). The van der Waals surface area contributed by atoms with Crippen LogP contribution in [0, 0.1) is 0 Å². The number of anilines is 2. The Kier molecular flexibility index (Phi) is 6.23. The topological polar surface area (TPSA) is 49.8 Å². The van der Waals surface area contributed by atoms with Crippen molar-refractivity contribution in [2.45, 2.75) is 52.9 Å². The first kappa shape index (κ1) is 16.0. The van der Waals surface area contributed by atoms with Gasteiger partial charge in [0.25, 0.3) is 0 Å². The molecule has 0 unspecified atom stereocenters. The first-order valence-corrected chi connectivity index (χ1v) is 8.88. The molecule has 0 radical (unpaired) electrons. The third-order valence-corrected chi connectivity index (χ3v) is 4.62. The molecule has 116 valence electrons. The molecule has 0 aliphatic carbocycles. The highest BCUT2D eigenvalue weighted by molar-refractivity contribution is 7.18. The molecule has 0 bridgehead atoms. The number of hydrogen-bond donors (Lipinski definition) is 2. The van der Waals surface area contributed by atoms with Crippen molar-refractivity contribution < 1.29 is 0 Å². The third kappa shape index (κ3) is 4.30.